The first-order valence-corrected chi connectivity index (χ1v) is 11.4. The molecule has 27 heavy (non-hydrogen) atoms. The SMILES string of the molecule is CC(C)CCC[C@@H](C)[C@H]1CC[C@H]2C3=CC[C@@H]4C(=O)NC(=O)[C@@H]4[C@@H]3CC[C@]12C. The zero-order valence-electron chi connectivity index (χ0n) is 17.6. The van der Waals surface area contributed by atoms with Gasteiger partial charge in [0.15, 0.2) is 0 Å². The number of carbonyl (C=O) groups is 2. The van der Waals surface area contributed by atoms with Gasteiger partial charge in [-0.15, -0.1) is 0 Å². The summed E-state index contributed by atoms with van der Waals surface area (Å²) in [6, 6.07) is 0. The lowest BCUT2D eigenvalue weighted by Crippen LogP contribution is -2.44. The maximum absolute atomic E-state index is 12.4. The molecule has 3 heteroatoms. The molecule has 4 aliphatic rings. The van der Waals surface area contributed by atoms with E-state index in [1.165, 1.54) is 38.5 Å². The predicted molar refractivity (Wildman–Crippen MR) is 108 cm³/mol. The van der Waals surface area contributed by atoms with Gasteiger partial charge in [-0.1, -0.05) is 58.6 Å². The van der Waals surface area contributed by atoms with Gasteiger partial charge in [-0.3, -0.25) is 14.9 Å². The van der Waals surface area contributed by atoms with Crippen LogP contribution in [0.4, 0.5) is 0 Å². The van der Waals surface area contributed by atoms with Crippen LogP contribution in [0.5, 0.6) is 0 Å². The predicted octanol–water partition coefficient (Wildman–Crippen LogP) is 5.11. The lowest BCUT2D eigenvalue weighted by atomic mass is 9.54. The van der Waals surface area contributed by atoms with E-state index in [1.54, 1.807) is 5.57 Å². The molecule has 0 radical (unpaired) electrons. The van der Waals surface area contributed by atoms with Crippen LogP contribution in [0.3, 0.4) is 0 Å². The molecule has 1 saturated heterocycles. The fourth-order valence-corrected chi connectivity index (χ4v) is 7.35. The highest BCUT2D eigenvalue weighted by atomic mass is 16.2. The Kier molecular flexibility index (Phi) is 5.01. The molecule has 0 aromatic carbocycles. The van der Waals surface area contributed by atoms with Crippen molar-refractivity contribution in [3.63, 3.8) is 0 Å². The van der Waals surface area contributed by atoms with Gasteiger partial charge in [0.05, 0.1) is 11.8 Å². The Bertz CT molecular complexity index is 651. The van der Waals surface area contributed by atoms with Crippen LogP contribution in [0, 0.1) is 46.8 Å². The average Bonchev–Trinajstić information content (AvgIpc) is 3.11. The number of nitrogens with one attached hydrogen (secondary N) is 1. The van der Waals surface area contributed by atoms with Gasteiger partial charge in [-0.2, -0.15) is 0 Å². The van der Waals surface area contributed by atoms with Crippen LogP contribution in [0.1, 0.15) is 79.1 Å². The van der Waals surface area contributed by atoms with Gasteiger partial charge in [0, 0.05) is 0 Å². The highest BCUT2D eigenvalue weighted by Crippen LogP contribution is 2.63. The topological polar surface area (TPSA) is 46.2 Å². The normalized spacial score (nSPS) is 41.7. The van der Waals surface area contributed by atoms with E-state index in [4.69, 9.17) is 0 Å². The lowest BCUT2D eigenvalue weighted by molar-refractivity contribution is -0.126. The highest BCUT2D eigenvalue weighted by molar-refractivity contribution is 6.05. The summed E-state index contributed by atoms with van der Waals surface area (Å²) in [6.07, 6.45) is 12.1. The number of carbonyl (C=O) groups excluding carboxylic acids is 2. The number of rotatable bonds is 5. The summed E-state index contributed by atoms with van der Waals surface area (Å²) in [5.74, 6) is 3.17. The van der Waals surface area contributed by atoms with Crippen molar-refractivity contribution in [2.24, 2.45) is 46.8 Å². The average molecular weight is 372 g/mol. The maximum atomic E-state index is 12.4. The molecular formula is C24H37NO2. The molecule has 0 spiro atoms. The molecular weight excluding hydrogens is 334 g/mol. The van der Waals surface area contributed by atoms with E-state index in [2.05, 4.69) is 39.1 Å². The lowest BCUT2D eigenvalue weighted by Gasteiger charge is -2.49. The molecule has 150 valence electrons. The summed E-state index contributed by atoms with van der Waals surface area (Å²) >= 11 is 0. The summed E-state index contributed by atoms with van der Waals surface area (Å²) in [4.78, 5) is 24.5. The fourth-order valence-electron chi connectivity index (χ4n) is 7.35. The number of hydrogen-bond acceptors (Lipinski definition) is 2. The Morgan fingerprint density at radius 1 is 1.07 bits per heavy atom. The zero-order chi connectivity index (χ0) is 19.3. The second-order valence-corrected chi connectivity index (χ2v) is 10.6. The third kappa shape index (κ3) is 3.09. The Morgan fingerprint density at radius 2 is 1.85 bits per heavy atom. The minimum Gasteiger partial charge on any atom is -0.296 e. The minimum absolute atomic E-state index is 0.000744. The number of hydrogen-bond donors (Lipinski definition) is 1. The molecule has 0 unspecified atom stereocenters. The van der Waals surface area contributed by atoms with Crippen LogP contribution < -0.4 is 5.32 Å². The number of imide groups is 1. The van der Waals surface area contributed by atoms with Crippen molar-refractivity contribution < 1.29 is 9.59 Å². The molecule has 3 aliphatic carbocycles. The van der Waals surface area contributed by atoms with Gasteiger partial charge >= 0.3 is 0 Å². The quantitative estimate of drug-likeness (QED) is 0.539. The van der Waals surface area contributed by atoms with Crippen LogP contribution in [-0.2, 0) is 9.59 Å². The van der Waals surface area contributed by atoms with Crippen molar-refractivity contribution >= 4 is 11.8 Å². The van der Waals surface area contributed by atoms with Gasteiger partial charge < -0.3 is 0 Å². The first-order valence-electron chi connectivity index (χ1n) is 11.4. The van der Waals surface area contributed by atoms with Crippen molar-refractivity contribution in [3.05, 3.63) is 11.6 Å². The van der Waals surface area contributed by atoms with Gasteiger partial charge in [0.2, 0.25) is 11.8 Å². The van der Waals surface area contributed by atoms with Gasteiger partial charge in [-0.05, 0) is 67.1 Å². The number of allylic oxidation sites excluding steroid dienone is 2. The smallest absolute Gasteiger partial charge is 0.231 e. The van der Waals surface area contributed by atoms with Crippen LogP contribution >= 0.6 is 0 Å². The number of amides is 2. The summed E-state index contributed by atoms with van der Waals surface area (Å²) < 4.78 is 0. The Morgan fingerprint density at radius 3 is 2.59 bits per heavy atom. The Balaban J connectivity index is 1.50. The third-order valence-corrected chi connectivity index (χ3v) is 8.72. The maximum Gasteiger partial charge on any atom is 0.231 e. The zero-order valence-corrected chi connectivity index (χ0v) is 17.6. The van der Waals surface area contributed by atoms with E-state index in [0.29, 0.717) is 17.3 Å². The third-order valence-electron chi connectivity index (χ3n) is 8.72. The number of fused-ring (bicyclic) bond motifs is 5. The molecule has 0 bridgehead atoms. The largest absolute Gasteiger partial charge is 0.296 e. The molecule has 2 saturated carbocycles. The van der Waals surface area contributed by atoms with Crippen molar-refractivity contribution in [2.75, 3.05) is 0 Å². The molecule has 1 heterocycles. The molecule has 4 rings (SSSR count). The molecule has 3 nitrogen and oxygen atoms in total. The van der Waals surface area contributed by atoms with E-state index in [9.17, 15) is 9.59 Å². The van der Waals surface area contributed by atoms with Gasteiger partial charge in [-0.25, -0.2) is 0 Å². The van der Waals surface area contributed by atoms with E-state index in [1.807, 2.05) is 0 Å². The summed E-state index contributed by atoms with van der Waals surface area (Å²) in [7, 11) is 0. The Hall–Kier alpha value is -1.12. The Labute approximate surface area is 164 Å². The summed E-state index contributed by atoms with van der Waals surface area (Å²) in [5, 5.41) is 2.61. The first kappa shape index (κ1) is 19.2. The highest BCUT2D eigenvalue weighted by Gasteiger charge is 2.57. The van der Waals surface area contributed by atoms with E-state index >= 15 is 0 Å². The van der Waals surface area contributed by atoms with Crippen LogP contribution in [0.2, 0.25) is 0 Å². The molecule has 2 amide bonds. The van der Waals surface area contributed by atoms with E-state index < -0.39 is 0 Å². The molecule has 0 aromatic heterocycles. The van der Waals surface area contributed by atoms with E-state index in [-0.39, 0.29) is 23.7 Å². The fraction of sp³-hybridized carbons (Fsp3) is 0.833. The van der Waals surface area contributed by atoms with Crippen molar-refractivity contribution in [1.82, 2.24) is 5.32 Å². The standard InChI is InChI=1S/C24H37NO2/c1-14(2)6-5-7-15(3)19-10-11-20-16-8-9-18-21(23(27)25-22(18)26)17(16)12-13-24(19,20)4/h8,14-15,17-21H,5-7,9-13H2,1-4H3,(H,25,26,27)/t15-,17-,18+,19-,20+,21-,24-/m1/s1. The van der Waals surface area contributed by atoms with Gasteiger partial charge in [0.1, 0.15) is 0 Å². The van der Waals surface area contributed by atoms with Crippen LogP contribution in [0.25, 0.3) is 0 Å². The van der Waals surface area contributed by atoms with E-state index in [0.717, 1.165) is 30.6 Å². The van der Waals surface area contributed by atoms with Gasteiger partial charge in [0.25, 0.3) is 0 Å². The second kappa shape index (κ2) is 7.04. The molecule has 1 aliphatic heterocycles. The summed E-state index contributed by atoms with van der Waals surface area (Å²) in [6.45, 7) is 9.67. The van der Waals surface area contributed by atoms with Crippen LogP contribution in [0.15, 0.2) is 11.6 Å². The van der Waals surface area contributed by atoms with Crippen molar-refractivity contribution in [2.45, 2.75) is 79.1 Å². The molecule has 1 N–H and O–H groups in total. The minimum atomic E-state index is -0.0947. The molecule has 0 aromatic rings. The second-order valence-electron chi connectivity index (χ2n) is 10.6. The van der Waals surface area contributed by atoms with Crippen molar-refractivity contribution in [1.29, 1.82) is 0 Å². The van der Waals surface area contributed by atoms with Crippen molar-refractivity contribution in [3.8, 4) is 0 Å². The van der Waals surface area contributed by atoms with Crippen LogP contribution in [-0.4, -0.2) is 11.8 Å². The molecule has 7 atom stereocenters. The first-order chi connectivity index (χ1) is 12.8. The summed E-state index contributed by atoms with van der Waals surface area (Å²) in [5.41, 5.74) is 1.94. The monoisotopic (exact) mass is 371 g/mol. The molecule has 3 fully saturated rings.